The van der Waals surface area contributed by atoms with Crippen LogP contribution in [0.4, 0.5) is 0 Å². The highest BCUT2D eigenvalue weighted by atomic mass is 16.5. The Hall–Kier alpha value is -3.28. The van der Waals surface area contributed by atoms with Crippen LogP contribution < -0.4 is 9.47 Å². The van der Waals surface area contributed by atoms with Crippen LogP contribution >= 0.6 is 0 Å². The van der Waals surface area contributed by atoms with E-state index in [-0.39, 0.29) is 11.8 Å². The van der Waals surface area contributed by atoms with Crippen molar-refractivity contribution in [3.63, 3.8) is 0 Å². The number of nitrogens with zero attached hydrogens (tertiary/aromatic N) is 2. The molecule has 1 amide bonds. The van der Waals surface area contributed by atoms with Gasteiger partial charge in [0.2, 0.25) is 5.91 Å². The summed E-state index contributed by atoms with van der Waals surface area (Å²) in [4.78, 5) is 14.5. The molecule has 1 aliphatic heterocycles. The lowest BCUT2D eigenvalue weighted by molar-refractivity contribution is -0.129. The Morgan fingerprint density at radius 2 is 1.97 bits per heavy atom. The van der Waals surface area contributed by atoms with Gasteiger partial charge in [0.1, 0.15) is 11.5 Å². The van der Waals surface area contributed by atoms with Crippen LogP contribution in [0, 0.1) is 0 Å². The summed E-state index contributed by atoms with van der Waals surface area (Å²) >= 11 is 0. The number of benzene rings is 2. The summed E-state index contributed by atoms with van der Waals surface area (Å²) in [5.41, 5.74) is 3.13. The highest BCUT2D eigenvalue weighted by Crippen LogP contribution is 2.27. The molecule has 6 nitrogen and oxygen atoms in total. The molecule has 1 saturated heterocycles. The summed E-state index contributed by atoms with van der Waals surface area (Å²) in [6.07, 6.45) is 2.15. The normalized spacial score (nSPS) is 15.9. The number of carbonyl (C=O) groups excluding carboxylic acids is 1. The minimum absolute atomic E-state index is 0.186. The smallest absolute Gasteiger partial charge is 0.227 e. The molecule has 1 fully saturated rings. The number of rotatable bonds is 8. The summed E-state index contributed by atoms with van der Waals surface area (Å²) in [5, 5.41) is 7.61. The van der Waals surface area contributed by atoms with Gasteiger partial charge in [0.15, 0.2) is 0 Å². The van der Waals surface area contributed by atoms with Crippen molar-refractivity contribution in [1.29, 1.82) is 0 Å². The zero-order chi connectivity index (χ0) is 20.8. The second-order valence-corrected chi connectivity index (χ2v) is 7.58. The van der Waals surface area contributed by atoms with Gasteiger partial charge in [0, 0.05) is 37.2 Å². The molecular weight excluding hydrogens is 378 g/mol. The molecule has 1 unspecified atom stereocenters. The maximum absolute atomic E-state index is 12.6. The number of carbonyl (C=O) groups is 1. The molecule has 0 saturated carbocycles. The number of aromatic nitrogens is 2. The summed E-state index contributed by atoms with van der Waals surface area (Å²) in [5.74, 6) is 2.04. The van der Waals surface area contributed by atoms with Crippen molar-refractivity contribution in [2.45, 2.75) is 25.2 Å². The highest BCUT2D eigenvalue weighted by molar-refractivity contribution is 5.79. The molecule has 2 heterocycles. The molecule has 0 radical (unpaired) electrons. The van der Waals surface area contributed by atoms with Crippen molar-refractivity contribution in [2.75, 3.05) is 26.8 Å². The average molecular weight is 405 g/mol. The number of nitrogens with one attached hydrogen (secondary N) is 1. The van der Waals surface area contributed by atoms with Gasteiger partial charge in [-0.3, -0.25) is 9.89 Å². The van der Waals surface area contributed by atoms with E-state index < -0.39 is 0 Å². The quantitative estimate of drug-likeness (QED) is 0.622. The molecule has 1 aromatic heterocycles. The number of hydrogen-bond donors (Lipinski definition) is 1. The Morgan fingerprint density at radius 1 is 1.13 bits per heavy atom. The molecule has 0 aliphatic carbocycles. The molecule has 6 heteroatoms. The van der Waals surface area contributed by atoms with E-state index >= 15 is 0 Å². The van der Waals surface area contributed by atoms with Crippen LogP contribution in [-0.2, 0) is 17.6 Å². The highest BCUT2D eigenvalue weighted by Gasteiger charge is 2.28. The van der Waals surface area contributed by atoms with Crippen LogP contribution in [0.3, 0.4) is 0 Å². The third-order valence-electron chi connectivity index (χ3n) is 5.49. The van der Waals surface area contributed by atoms with E-state index in [2.05, 4.69) is 16.3 Å². The summed E-state index contributed by atoms with van der Waals surface area (Å²) < 4.78 is 11.0. The molecule has 30 heavy (non-hydrogen) atoms. The summed E-state index contributed by atoms with van der Waals surface area (Å²) in [6.45, 7) is 2.08. The van der Waals surface area contributed by atoms with Crippen molar-refractivity contribution in [1.82, 2.24) is 15.1 Å². The fourth-order valence-electron chi connectivity index (χ4n) is 3.80. The zero-order valence-corrected chi connectivity index (χ0v) is 17.2. The fraction of sp³-hybridized carbons (Fsp3) is 0.333. The summed E-state index contributed by atoms with van der Waals surface area (Å²) in [6, 6.07) is 19.6. The number of H-pyrrole nitrogens is 1. The predicted molar refractivity (Wildman–Crippen MR) is 115 cm³/mol. The van der Waals surface area contributed by atoms with E-state index in [4.69, 9.17) is 9.47 Å². The van der Waals surface area contributed by atoms with E-state index in [1.807, 2.05) is 59.5 Å². The Kier molecular flexibility index (Phi) is 6.32. The van der Waals surface area contributed by atoms with E-state index in [9.17, 15) is 4.79 Å². The van der Waals surface area contributed by atoms with Gasteiger partial charge in [-0.05, 0) is 30.2 Å². The van der Waals surface area contributed by atoms with Crippen molar-refractivity contribution >= 4 is 5.91 Å². The number of aromatic amines is 1. The number of methoxy groups -OCH3 is 1. The van der Waals surface area contributed by atoms with Crippen molar-refractivity contribution < 1.29 is 14.3 Å². The van der Waals surface area contributed by atoms with Crippen molar-refractivity contribution in [3.05, 3.63) is 77.6 Å². The molecule has 1 atom stereocenters. The first-order valence-corrected chi connectivity index (χ1v) is 10.3. The maximum Gasteiger partial charge on any atom is 0.227 e. The van der Waals surface area contributed by atoms with Gasteiger partial charge in [-0.25, -0.2) is 0 Å². The van der Waals surface area contributed by atoms with Gasteiger partial charge in [0.25, 0.3) is 0 Å². The second-order valence-electron chi connectivity index (χ2n) is 7.58. The average Bonchev–Trinajstić information content (AvgIpc) is 3.44. The minimum Gasteiger partial charge on any atom is -0.497 e. The fourth-order valence-corrected chi connectivity index (χ4v) is 3.80. The lowest BCUT2D eigenvalue weighted by Gasteiger charge is -2.16. The van der Waals surface area contributed by atoms with Gasteiger partial charge >= 0.3 is 0 Å². The monoisotopic (exact) mass is 405 g/mol. The first-order valence-electron chi connectivity index (χ1n) is 10.3. The number of likely N-dealkylation sites (tertiary alicyclic amines) is 1. The van der Waals surface area contributed by atoms with E-state index in [1.54, 1.807) is 7.11 Å². The van der Waals surface area contributed by atoms with Gasteiger partial charge in [-0.2, -0.15) is 5.10 Å². The first-order chi connectivity index (χ1) is 14.7. The van der Waals surface area contributed by atoms with Gasteiger partial charge in [-0.1, -0.05) is 36.4 Å². The van der Waals surface area contributed by atoms with Gasteiger partial charge < -0.3 is 14.4 Å². The predicted octanol–water partition coefficient (Wildman–Crippen LogP) is 3.60. The molecule has 0 bridgehead atoms. The van der Waals surface area contributed by atoms with E-state index in [0.717, 1.165) is 54.4 Å². The van der Waals surface area contributed by atoms with Crippen LogP contribution in [0.2, 0.25) is 0 Å². The van der Waals surface area contributed by atoms with Crippen LogP contribution in [0.1, 0.15) is 29.3 Å². The van der Waals surface area contributed by atoms with Crippen molar-refractivity contribution in [2.24, 2.45) is 0 Å². The van der Waals surface area contributed by atoms with Crippen LogP contribution in [0.25, 0.3) is 0 Å². The lowest BCUT2D eigenvalue weighted by atomic mass is 10.0. The lowest BCUT2D eigenvalue weighted by Crippen LogP contribution is -2.29. The third-order valence-corrected chi connectivity index (χ3v) is 5.49. The summed E-state index contributed by atoms with van der Waals surface area (Å²) in [7, 11) is 1.64. The molecule has 2 aromatic carbocycles. The molecule has 3 aromatic rings. The molecular formula is C24H27N3O3. The van der Waals surface area contributed by atoms with Crippen LogP contribution in [0.5, 0.6) is 11.5 Å². The Bertz CT molecular complexity index is 971. The van der Waals surface area contributed by atoms with Crippen LogP contribution in [0.15, 0.2) is 60.7 Å². The minimum atomic E-state index is 0.186. The second kappa shape index (κ2) is 9.48. The maximum atomic E-state index is 12.6. The topological polar surface area (TPSA) is 67.5 Å². The van der Waals surface area contributed by atoms with Gasteiger partial charge in [0.05, 0.1) is 25.8 Å². The third kappa shape index (κ3) is 5.00. The molecule has 1 N–H and O–H groups in total. The number of ether oxygens (including phenoxy) is 2. The first kappa shape index (κ1) is 20.0. The van der Waals surface area contributed by atoms with Crippen molar-refractivity contribution in [3.8, 4) is 11.5 Å². The van der Waals surface area contributed by atoms with E-state index in [0.29, 0.717) is 13.0 Å². The standard InChI is InChI=1S/C24H27N3O3/c1-29-21-8-5-9-22(16-21)30-13-11-20-15-23(26-25-20)19-10-12-27(17-19)24(28)14-18-6-3-2-4-7-18/h2-9,15-16,19H,10-14,17H2,1H3,(H,25,26). The Balaban J connectivity index is 1.26. The SMILES string of the molecule is COc1cccc(OCCc2cc(C3CCN(C(=O)Cc4ccccc4)C3)n[nH]2)c1. The Morgan fingerprint density at radius 3 is 2.80 bits per heavy atom. The van der Waals surface area contributed by atoms with Gasteiger partial charge in [-0.15, -0.1) is 0 Å². The number of hydrogen-bond acceptors (Lipinski definition) is 4. The Labute approximate surface area is 176 Å². The molecule has 4 rings (SSSR count). The zero-order valence-electron chi connectivity index (χ0n) is 17.2. The largest absolute Gasteiger partial charge is 0.497 e. The number of amides is 1. The molecule has 156 valence electrons. The molecule has 1 aliphatic rings. The van der Waals surface area contributed by atoms with E-state index in [1.165, 1.54) is 0 Å². The van der Waals surface area contributed by atoms with Crippen LogP contribution in [-0.4, -0.2) is 47.8 Å². The molecule has 0 spiro atoms.